The first-order chi connectivity index (χ1) is 18.0. The predicted octanol–water partition coefficient (Wildman–Crippen LogP) is 2.80. The summed E-state index contributed by atoms with van der Waals surface area (Å²) < 4.78 is 26.8. The monoisotopic (exact) mass is 506 g/mol. The quantitative estimate of drug-likeness (QED) is 0.481. The van der Waals surface area contributed by atoms with Crippen LogP contribution in [-0.4, -0.2) is 72.9 Å². The zero-order valence-electron chi connectivity index (χ0n) is 20.5. The third kappa shape index (κ3) is 4.86. The number of halogens is 1. The number of phenolic OH excluding ortho intramolecular Hbond substituents is 1. The van der Waals surface area contributed by atoms with Crippen LogP contribution < -0.4 is 25.6 Å². The van der Waals surface area contributed by atoms with Crippen LogP contribution in [0.1, 0.15) is 12.8 Å². The van der Waals surface area contributed by atoms with Crippen LogP contribution in [0.4, 0.5) is 21.6 Å². The maximum atomic E-state index is 14.7. The first kappa shape index (κ1) is 23.7. The number of morpholine rings is 1. The number of para-hydroxylation sites is 1. The summed E-state index contributed by atoms with van der Waals surface area (Å²) in [4.78, 5) is 4.45. The second kappa shape index (κ2) is 10.0. The lowest BCUT2D eigenvalue weighted by atomic mass is 10.0. The predicted molar refractivity (Wildman–Crippen MR) is 140 cm³/mol. The number of benzene rings is 2. The van der Waals surface area contributed by atoms with E-state index in [0.717, 1.165) is 37.3 Å². The van der Waals surface area contributed by atoms with Gasteiger partial charge in [0.15, 0.2) is 5.82 Å². The van der Waals surface area contributed by atoms with Crippen LogP contribution in [0.25, 0.3) is 11.3 Å². The number of anilines is 3. The van der Waals surface area contributed by atoms with Crippen molar-refractivity contribution in [3.05, 3.63) is 54.3 Å². The fraction of sp³-hybridized carbons (Fsp3) is 0.407. The van der Waals surface area contributed by atoms with E-state index in [9.17, 15) is 9.50 Å². The molecule has 0 aliphatic carbocycles. The van der Waals surface area contributed by atoms with Gasteiger partial charge in [-0.15, -0.1) is 10.2 Å². The minimum Gasteiger partial charge on any atom is -0.507 e. The topological polar surface area (TPSA) is 109 Å². The summed E-state index contributed by atoms with van der Waals surface area (Å²) in [7, 11) is 0. The number of nitrogen functional groups attached to an aromatic ring is 1. The van der Waals surface area contributed by atoms with Gasteiger partial charge in [-0.05, 0) is 50.2 Å². The van der Waals surface area contributed by atoms with Gasteiger partial charge in [-0.25, -0.2) is 4.39 Å². The molecular weight excluding hydrogens is 475 g/mol. The van der Waals surface area contributed by atoms with Gasteiger partial charge in [-0.1, -0.05) is 12.1 Å². The van der Waals surface area contributed by atoms with Crippen LogP contribution in [-0.2, 0) is 4.74 Å². The van der Waals surface area contributed by atoms with Crippen LogP contribution in [0.5, 0.6) is 11.5 Å². The summed E-state index contributed by atoms with van der Waals surface area (Å²) in [6.45, 7) is 4.09. The van der Waals surface area contributed by atoms with E-state index in [2.05, 4.69) is 25.3 Å². The first-order valence-electron chi connectivity index (χ1n) is 12.8. The normalized spacial score (nSPS) is 22.2. The van der Waals surface area contributed by atoms with E-state index < -0.39 is 0 Å². The Morgan fingerprint density at radius 1 is 1.03 bits per heavy atom. The van der Waals surface area contributed by atoms with Crippen LogP contribution in [0, 0.1) is 5.82 Å². The molecule has 4 N–H and O–H groups in total. The number of ether oxygens (including phenoxy) is 2. The zero-order valence-corrected chi connectivity index (χ0v) is 20.5. The second-order valence-corrected chi connectivity index (χ2v) is 9.89. The molecule has 0 unspecified atom stereocenters. The van der Waals surface area contributed by atoms with Crippen LogP contribution in [0.15, 0.2) is 48.5 Å². The van der Waals surface area contributed by atoms with Gasteiger partial charge in [0.1, 0.15) is 23.4 Å². The Labute approximate surface area is 215 Å². The molecule has 3 aromatic rings. The molecule has 0 saturated carbocycles. The summed E-state index contributed by atoms with van der Waals surface area (Å²) >= 11 is 0. The molecule has 3 fully saturated rings. The van der Waals surface area contributed by atoms with Gasteiger partial charge in [-0.2, -0.15) is 0 Å². The fourth-order valence-corrected chi connectivity index (χ4v) is 5.62. The highest BCUT2D eigenvalue weighted by molar-refractivity contribution is 5.74. The Balaban J connectivity index is 1.26. The molecule has 10 heteroatoms. The zero-order chi connectivity index (χ0) is 25.4. The maximum absolute atomic E-state index is 14.7. The Morgan fingerprint density at radius 2 is 1.78 bits per heavy atom. The second-order valence-electron chi connectivity index (χ2n) is 9.89. The van der Waals surface area contributed by atoms with Crippen molar-refractivity contribution in [3.63, 3.8) is 0 Å². The van der Waals surface area contributed by atoms with Gasteiger partial charge in [0.05, 0.1) is 36.7 Å². The minimum absolute atomic E-state index is 0.0119. The number of piperazine rings is 1. The molecule has 0 spiro atoms. The van der Waals surface area contributed by atoms with Crippen molar-refractivity contribution in [2.75, 3.05) is 54.9 Å². The summed E-state index contributed by atoms with van der Waals surface area (Å²) in [6, 6.07) is 13.9. The van der Waals surface area contributed by atoms with Crippen molar-refractivity contribution < 1.29 is 19.0 Å². The van der Waals surface area contributed by atoms with Gasteiger partial charge >= 0.3 is 0 Å². The highest BCUT2D eigenvalue weighted by Gasteiger charge is 2.39. The molecule has 9 nitrogen and oxygen atoms in total. The van der Waals surface area contributed by atoms with E-state index in [-0.39, 0.29) is 29.8 Å². The molecule has 3 aliphatic rings. The van der Waals surface area contributed by atoms with E-state index in [4.69, 9.17) is 15.2 Å². The van der Waals surface area contributed by atoms with Gasteiger partial charge in [-0.3, -0.25) is 0 Å². The molecule has 6 rings (SSSR count). The van der Waals surface area contributed by atoms with Gasteiger partial charge in [0.25, 0.3) is 0 Å². The molecule has 2 aromatic carbocycles. The summed E-state index contributed by atoms with van der Waals surface area (Å²) in [6.07, 6.45) is 1.91. The smallest absolute Gasteiger partial charge is 0.169 e. The van der Waals surface area contributed by atoms with Gasteiger partial charge < -0.3 is 35.4 Å². The lowest BCUT2D eigenvalue weighted by molar-refractivity contribution is 0.0588. The van der Waals surface area contributed by atoms with Crippen molar-refractivity contribution in [1.29, 1.82) is 0 Å². The molecular formula is C27H31FN6O3. The lowest BCUT2D eigenvalue weighted by Gasteiger charge is -2.51. The highest BCUT2D eigenvalue weighted by atomic mass is 19.1. The van der Waals surface area contributed by atoms with Crippen molar-refractivity contribution in [1.82, 2.24) is 15.5 Å². The summed E-state index contributed by atoms with van der Waals surface area (Å²) in [5, 5.41) is 22.0. The van der Waals surface area contributed by atoms with E-state index in [1.165, 1.54) is 6.07 Å². The number of piperidine rings is 1. The van der Waals surface area contributed by atoms with Crippen molar-refractivity contribution in [2.45, 2.75) is 31.0 Å². The molecule has 194 valence electrons. The first-order valence-corrected chi connectivity index (χ1v) is 12.8. The summed E-state index contributed by atoms with van der Waals surface area (Å²) in [5.74, 6) is 0.724. The van der Waals surface area contributed by atoms with E-state index in [0.29, 0.717) is 49.1 Å². The molecule has 1 aromatic heterocycles. The number of rotatable bonds is 5. The lowest BCUT2D eigenvalue weighted by Crippen LogP contribution is -2.65. The Morgan fingerprint density at radius 3 is 2.54 bits per heavy atom. The van der Waals surface area contributed by atoms with Crippen LogP contribution >= 0.6 is 0 Å². The van der Waals surface area contributed by atoms with Crippen LogP contribution in [0.2, 0.25) is 0 Å². The van der Waals surface area contributed by atoms with Crippen molar-refractivity contribution >= 4 is 17.2 Å². The maximum Gasteiger partial charge on any atom is 0.169 e. The third-order valence-corrected chi connectivity index (χ3v) is 7.33. The Hall–Kier alpha value is -3.63. The molecule has 3 aliphatic heterocycles. The molecule has 0 radical (unpaired) electrons. The number of phenols is 1. The van der Waals surface area contributed by atoms with Crippen LogP contribution in [0.3, 0.4) is 0 Å². The fourth-order valence-electron chi connectivity index (χ4n) is 5.62. The standard InChI is InChI=1S/C27H31FN6O3/c28-17-9-18(11-22(10-17)37-21-5-7-30-8-6-21)34-19-13-33(14-20(34)16-36-15-19)25-12-24(31-32-27(25)29)23-3-1-2-4-26(23)35/h1-4,9-12,19-21,30,35H,5-8,13-16H2,(H2,29,32)/t19-,20+. The van der Waals surface area contributed by atoms with E-state index >= 15 is 0 Å². The molecule has 4 heterocycles. The Kier molecular flexibility index (Phi) is 6.43. The number of aromatic nitrogens is 2. The SMILES string of the molecule is Nc1nnc(-c2ccccc2O)cc1N1C[C@H]2COC[C@@H](C1)N2c1cc(F)cc(OC2CCNCC2)c1. The average molecular weight is 507 g/mol. The van der Waals surface area contributed by atoms with E-state index in [1.54, 1.807) is 24.3 Å². The number of hydrogen-bond acceptors (Lipinski definition) is 9. The number of hydrogen-bond donors (Lipinski definition) is 3. The molecule has 2 bridgehead atoms. The van der Waals surface area contributed by atoms with Gasteiger partial charge in [0.2, 0.25) is 0 Å². The van der Waals surface area contributed by atoms with Crippen molar-refractivity contribution in [3.8, 4) is 22.8 Å². The highest BCUT2D eigenvalue weighted by Crippen LogP contribution is 2.36. The number of fused-ring (bicyclic) bond motifs is 2. The number of nitrogens with zero attached hydrogens (tertiary/aromatic N) is 4. The molecule has 37 heavy (non-hydrogen) atoms. The van der Waals surface area contributed by atoms with Crippen molar-refractivity contribution in [2.24, 2.45) is 0 Å². The minimum atomic E-state index is -0.308. The largest absolute Gasteiger partial charge is 0.507 e. The van der Waals surface area contributed by atoms with E-state index in [1.807, 2.05) is 18.2 Å². The summed E-state index contributed by atoms with van der Waals surface area (Å²) in [5.41, 5.74) is 8.98. The molecule has 3 saturated heterocycles. The number of nitrogens with two attached hydrogens (primary N) is 1. The third-order valence-electron chi connectivity index (χ3n) is 7.33. The van der Waals surface area contributed by atoms with Gasteiger partial charge in [0, 0.05) is 36.5 Å². The average Bonchev–Trinajstić information content (AvgIpc) is 2.89. The molecule has 2 atom stereocenters. The Bertz CT molecular complexity index is 1260. The molecule has 0 amide bonds. The number of aromatic hydroxyl groups is 1. The number of nitrogens with one attached hydrogen (secondary N) is 1.